The van der Waals surface area contributed by atoms with Crippen LogP contribution in [0.1, 0.15) is 33.6 Å². The number of isocyanates is 1. The van der Waals surface area contributed by atoms with Crippen LogP contribution in [0.3, 0.4) is 0 Å². The molecule has 2 nitrogen and oxygen atoms in total. The lowest BCUT2D eigenvalue weighted by molar-refractivity contribution is 0.294. The average molecular weight is 153 g/mol. The number of rotatable bonds is 2. The zero-order chi connectivity index (χ0) is 8.48. The van der Waals surface area contributed by atoms with Crippen molar-refractivity contribution in [2.24, 2.45) is 16.3 Å². The molecular weight excluding hydrogens is 138 g/mol. The molecule has 0 bridgehead atoms. The minimum absolute atomic E-state index is 0.124. The fraction of sp³-hybridized carbons (Fsp3) is 0.889. The van der Waals surface area contributed by atoms with Crippen LogP contribution < -0.4 is 0 Å². The minimum Gasteiger partial charge on any atom is -0.211 e. The molecule has 0 N–H and O–H groups in total. The van der Waals surface area contributed by atoms with E-state index in [9.17, 15) is 4.79 Å². The van der Waals surface area contributed by atoms with Crippen molar-refractivity contribution in [1.29, 1.82) is 0 Å². The van der Waals surface area contributed by atoms with Gasteiger partial charge in [-0.15, -0.1) is 0 Å². The van der Waals surface area contributed by atoms with Crippen LogP contribution >= 0.6 is 0 Å². The standard InChI is InChI=1S/C9H15NO/c1-9(2,3)8(10-6-11)7-4-5-7/h7-8H,4-5H2,1-3H3. The van der Waals surface area contributed by atoms with Crippen molar-refractivity contribution in [2.75, 3.05) is 0 Å². The Morgan fingerprint density at radius 3 is 2.27 bits per heavy atom. The zero-order valence-corrected chi connectivity index (χ0v) is 7.42. The quantitative estimate of drug-likeness (QED) is 0.441. The molecule has 2 heteroatoms. The second kappa shape index (κ2) is 2.78. The highest BCUT2D eigenvalue weighted by Crippen LogP contribution is 2.42. The molecule has 0 aromatic heterocycles. The number of hydrogen-bond acceptors (Lipinski definition) is 2. The molecule has 0 spiro atoms. The van der Waals surface area contributed by atoms with Gasteiger partial charge in [-0.25, -0.2) is 9.79 Å². The number of hydrogen-bond donors (Lipinski definition) is 0. The summed E-state index contributed by atoms with van der Waals surface area (Å²) in [7, 11) is 0. The monoisotopic (exact) mass is 153 g/mol. The number of carbonyl (C=O) groups excluding carboxylic acids is 1. The van der Waals surface area contributed by atoms with Crippen molar-refractivity contribution >= 4 is 6.08 Å². The second-order valence-electron chi connectivity index (χ2n) is 4.37. The summed E-state index contributed by atoms with van der Waals surface area (Å²) in [5.41, 5.74) is 0.124. The van der Waals surface area contributed by atoms with Gasteiger partial charge in [0.25, 0.3) is 0 Å². The van der Waals surface area contributed by atoms with Gasteiger partial charge in [0.15, 0.2) is 0 Å². The van der Waals surface area contributed by atoms with Gasteiger partial charge in [-0.1, -0.05) is 20.8 Å². The molecule has 0 aromatic carbocycles. The summed E-state index contributed by atoms with van der Waals surface area (Å²) in [5.74, 6) is 0.649. The molecule has 1 unspecified atom stereocenters. The van der Waals surface area contributed by atoms with Crippen LogP contribution in [0.5, 0.6) is 0 Å². The number of aliphatic imine (C=N–C) groups is 1. The van der Waals surface area contributed by atoms with Crippen LogP contribution in [0.2, 0.25) is 0 Å². The molecule has 1 atom stereocenters. The topological polar surface area (TPSA) is 29.4 Å². The first-order valence-electron chi connectivity index (χ1n) is 4.12. The fourth-order valence-electron chi connectivity index (χ4n) is 1.47. The van der Waals surface area contributed by atoms with Gasteiger partial charge in [0.1, 0.15) is 0 Å². The molecule has 1 saturated carbocycles. The maximum atomic E-state index is 10.1. The van der Waals surface area contributed by atoms with Crippen molar-refractivity contribution in [3.05, 3.63) is 0 Å². The number of nitrogens with zero attached hydrogens (tertiary/aromatic N) is 1. The van der Waals surface area contributed by atoms with E-state index in [-0.39, 0.29) is 11.5 Å². The summed E-state index contributed by atoms with van der Waals surface area (Å²) in [5, 5.41) is 0. The zero-order valence-electron chi connectivity index (χ0n) is 7.42. The maximum Gasteiger partial charge on any atom is 0.235 e. The van der Waals surface area contributed by atoms with Gasteiger partial charge in [0.05, 0.1) is 6.04 Å². The molecule has 1 aliphatic carbocycles. The molecule has 62 valence electrons. The first-order chi connectivity index (χ1) is 5.05. The molecule has 1 fully saturated rings. The van der Waals surface area contributed by atoms with E-state index in [4.69, 9.17) is 0 Å². The first kappa shape index (κ1) is 8.48. The Labute approximate surface area is 67.7 Å². The van der Waals surface area contributed by atoms with Crippen LogP contribution in [-0.2, 0) is 4.79 Å². The van der Waals surface area contributed by atoms with Gasteiger partial charge in [0, 0.05) is 0 Å². The van der Waals surface area contributed by atoms with E-state index in [1.165, 1.54) is 12.8 Å². The van der Waals surface area contributed by atoms with Crippen molar-refractivity contribution < 1.29 is 4.79 Å². The Morgan fingerprint density at radius 2 is 2.00 bits per heavy atom. The van der Waals surface area contributed by atoms with Crippen molar-refractivity contribution in [1.82, 2.24) is 0 Å². The largest absolute Gasteiger partial charge is 0.235 e. The third-order valence-corrected chi connectivity index (χ3v) is 2.15. The van der Waals surface area contributed by atoms with E-state index >= 15 is 0 Å². The molecule has 0 amide bonds. The van der Waals surface area contributed by atoms with Gasteiger partial charge in [0.2, 0.25) is 6.08 Å². The lowest BCUT2D eigenvalue weighted by atomic mass is 9.84. The van der Waals surface area contributed by atoms with Gasteiger partial charge < -0.3 is 0 Å². The van der Waals surface area contributed by atoms with Crippen molar-refractivity contribution in [3.63, 3.8) is 0 Å². The van der Waals surface area contributed by atoms with E-state index in [1.54, 1.807) is 6.08 Å². The second-order valence-corrected chi connectivity index (χ2v) is 4.37. The van der Waals surface area contributed by atoms with Crippen LogP contribution in [0.4, 0.5) is 0 Å². The van der Waals surface area contributed by atoms with E-state index in [1.807, 2.05) is 0 Å². The smallest absolute Gasteiger partial charge is 0.211 e. The van der Waals surface area contributed by atoms with Crippen molar-refractivity contribution in [2.45, 2.75) is 39.7 Å². The lowest BCUT2D eigenvalue weighted by Crippen LogP contribution is -2.26. The third kappa shape index (κ3) is 2.16. The molecule has 11 heavy (non-hydrogen) atoms. The van der Waals surface area contributed by atoms with E-state index in [2.05, 4.69) is 25.8 Å². The van der Waals surface area contributed by atoms with Gasteiger partial charge in [-0.05, 0) is 24.2 Å². The molecule has 0 aliphatic heterocycles. The molecule has 1 rings (SSSR count). The van der Waals surface area contributed by atoms with E-state index in [0.29, 0.717) is 5.92 Å². The Hall–Kier alpha value is -0.620. The van der Waals surface area contributed by atoms with Crippen LogP contribution in [0, 0.1) is 11.3 Å². The Kier molecular flexibility index (Phi) is 2.15. The Bertz CT molecular complexity index is 182. The third-order valence-electron chi connectivity index (χ3n) is 2.15. The van der Waals surface area contributed by atoms with Gasteiger partial charge in [-0.3, -0.25) is 0 Å². The molecule has 0 saturated heterocycles. The van der Waals surface area contributed by atoms with Crippen LogP contribution in [0.15, 0.2) is 4.99 Å². The Balaban J connectivity index is 2.65. The summed E-state index contributed by atoms with van der Waals surface area (Å²) in [6, 6.07) is 0.194. The summed E-state index contributed by atoms with van der Waals surface area (Å²) in [6.07, 6.45) is 4.13. The molecular formula is C9H15NO. The Morgan fingerprint density at radius 1 is 1.45 bits per heavy atom. The summed E-state index contributed by atoms with van der Waals surface area (Å²) >= 11 is 0. The first-order valence-corrected chi connectivity index (χ1v) is 4.12. The summed E-state index contributed by atoms with van der Waals surface area (Å²) in [6.45, 7) is 6.37. The predicted octanol–water partition coefficient (Wildman–Crippen LogP) is 2.15. The minimum atomic E-state index is 0.124. The molecule has 0 heterocycles. The maximum absolute atomic E-state index is 10.1. The highest BCUT2D eigenvalue weighted by Gasteiger charge is 2.38. The highest BCUT2D eigenvalue weighted by atomic mass is 16.1. The lowest BCUT2D eigenvalue weighted by Gasteiger charge is -2.25. The SMILES string of the molecule is CC(C)(C)C(N=C=O)C1CC1. The molecule has 1 aliphatic rings. The van der Waals surface area contributed by atoms with E-state index < -0.39 is 0 Å². The molecule has 0 radical (unpaired) electrons. The average Bonchev–Trinajstić information content (AvgIpc) is 2.61. The molecule has 0 aromatic rings. The normalized spacial score (nSPS) is 20.6. The van der Waals surface area contributed by atoms with Gasteiger partial charge in [-0.2, -0.15) is 0 Å². The summed E-state index contributed by atoms with van der Waals surface area (Å²) < 4.78 is 0. The van der Waals surface area contributed by atoms with Crippen LogP contribution in [0.25, 0.3) is 0 Å². The van der Waals surface area contributed by atoms with Crippen molar-refractivity contribution in [3.8, 4) is 0 Å². The van der Waals surface area contributed by atoms with E-state index in [0.717, 1.165) is 0 Å². The van der Waals surface area contributed by atoms with Crippen LogP contribution in [-0.4, -0.2) is 12.1 Å². The fourth-order valence-corrected chi connectivity index (χ4v) is 1.47. The van der Waals surface area contributed by atoms with Gasteiger partial charge >= 0.3 is 0 Å². The highest BCUT2D eigenvalue weighted by molar-refractivity contribution is 5.34. The summed E-state index contributed by atoms with van der Waals surface area (Å²) in [4.78, 5) is 14.0. The predicted molar refractivity (Wildman–Crippen MR) is 44.1 cm³/mol.